The highest BCUT2D eigenvalue weighted by molar-refractivity contribution is 7.93. The van der Waals surface area contributed by atoms with Gasteiger partial charge >= 0.3 is 5.97 Å². The molecule has 3 aromatic rings. The fourth-order valence-corrected chi connectivity index (χ4v) is 5.00. The predicted molar refractivity (Wildman–Crippen MR) is 106 cm³/mol. The van der Waals surface area contributed by atoms with Gasteiger partial charge in [-0.05, 0) is 35.7 Å². The number of rotatable bonds is 6. The summed E-state index contributed by atoms with van der Waals surface area (Å²) in [5, 5.41) is 1.98. The Morgan fingerprint density at radius 2 is 1.75 bits per heavy atom. The summed E-state index contributed by atoms with van der Waals surface area (Å²) >= 11 is 5.87. The van der Waals surface area contributed by atoms with Gasteiger partial charge in [0, 0.05) is 10.4 Å². The number of carbonyl (C=O) groups is 1. The van der Waals surface area contributed by atoms with E-state index in [1.54, 1.807) is 48.5 Å². The van der Waals surface area contributed by atoms with Crippen LogP contribution in [0.25, 0.3) is 10.8 Å². The van der Waals surface area contributed by atoms with Gasteiger partial charge in [-0.3, -0.25) is 9.10 Å². The molecule has 144 valence electrons. The highest BCUT2D eigenvalue weighted by Crippen LogP contribution is 2.41. The molecule has 6 nitrogen and oxygen atoms in total. The molecule has 0 unspecified atom stereocenters. The number of nitrogens with zero attached hydrogens (tertiary/aromatic N) is 1. The Labute approximate surface area is 167 Å². The lowest BCUT2D eigenvalue weighted by atomic mass is 10.1. The van der Waals surface area contributed by atoms with E-state index in [0.717, 1.165) is 9.69 Å². The third kappa shape index (κ3) is 3.39. The third-order valence-corrected chi connectivity index (χ3v) is 6.40. The van der Waals surface area contributed by atoms with E-state index in [1.165, 1.54) is 0 Å². The summed E-state index contributed by atoms with van der Waals surface area (Å²) < 4.78 is 37.3. The number of hydrogen-bond donors (Lipinski definition) is 0. The molecule has 0 N–H and O–H groups in total. The van der Waals surface area contributed by atoms with Crippen LogP contribution in [0.3, 0.4) is 0 Å². The smallest absolute Gasteiger partial charge is 0.326 e. The number of esters is 1. The first-order valence-electron chi connectivity index (χ1n) is 8.55. The maximum atomic E-state index is 12.8. The van der Waals surface area contributed by atoms with Crippen LogP contribution in [0.1, 0.15) is 0 Å². The number of carbonyl (C=O) groups excluding carboxylic acids is 1. The Morgan fingerprint density at radius 1 is 1.00 bits per heavy atom. The highest BCUT2D eigenvalue weighted by atomic mass is 35.5. The van der Waals surface area contributed by atoms with Crippen molar-refractivity contribution in [2.75, 3.05) is 24.1 Å². The molecule has 0 fully saturated rings. The largest absolute Gasteiger partial charge is 0.490 e. The van der Waals surface area contributed by atoms with Crippen molar-refractivity contribution in [1.82, 2.24) is 0 Å². The summed E-state index contributed by atoms with van der Waals surface area (Å²) in [6, 6.07) is 17.2. The number of sulfonamides is 1. The second kappa shape index (κ2) is 7.33. The summed E-state index contributed by atoms with van der Waals surface area (Å²) in [7, 11) is -3.79. The average molecular weight is 418 g/mol. The van der Waals surface area contributed by atoms with Crippen LogP contribution in [0.4, 0.5) is 5.69 Å². The molecule has 0 aromatic heterocycles. The van der Waals surface area contributed by atoms with Gasteiger partial charge in [0.05, 0.1) is 10.6 Å². The maximum absolute atomic E-state index is 12.8. The van der Waals surface area contributed by atoms with Crippen LogP contribution in [0.5, 0.6) is 5.75 Å². The summed E-state index contributed by atoms with van der Waals surface area (Å²) in [6.45, 7) is -0.266. The standard InChI is InChI=1S/C20H16ClNO5S/c21-15-6-3-7-16(12-15)26-10-11-27-19(23)13-22-17-8-1-4-14-5-2-9-18(20(14)17)28(22,24)25/h1-9,12H,10-11,13H2. The molecule has 1 heterocycles. The first-order valence-corrected chi connectivity index (χ1v) is 10.4. The molecule has 0 atom stereocenters. The van der Waals surface area contributed by atoms with E-state index in [2.05, 4.69) is 0 Å². The quantitative estimate of drug-likeness (QED) is 0.452. The Kier molecular flexibility index (Phi) is 4.87. The molecule has 0 spiro atoms. The molecule has 1 aliphatic heterocycles. The van der Waals surface area contributed by atoms with Crippen molar-refractivity contribution in [2.24, 2.45) is 0 Å². The molecule has 3 aromatic carbocycles. The van der Waals surface area contributed by atoms with Gasteiger partial charge in [-0.1, -0.05) is 41.9 Å². The van der Waals surface area contributed by atoms with Crippen molar-refractivity contribution in [3.05, 3.63) is 65.7 Å². The van der Waals surface area contributed by atoms with Gasteiger partial charge in [0.2, 0.25) is 0 Å². The van der Waals surface area contributed by atoms with E-state index in [4.69, 9.17) is 21.1 Å². The van der Waals surface area contributed by atoms with Gasteiger partial charge < -0.3 is 9.47 Å². The molecular formula is C20H16ClNO5S. The van der Waals surface area contributed by atoms with E-state index in [0.29, 0.717) is 21.8 Å². The van der Waals surface area contributed by atoms with Gasteiger partial charge in [-0.15, -0.1) is 0 Å². The number of benzene rings is 3. The van der Waals surface area contributed by atoms with Crippen molar-refractivity contribution >= 4 is 44.1 Å². The lowest BCUT2D eigenvalue weighted by Gasteiger charge is -2.17. The third-order valence-electron chi connectivity index (χ3n) is 4.37. The normalized spacial score (nSPS) is 14.2. The number of halogens is 1. The minimum absolute atomic E-state index is 0.00359. The zero-order chi connectivity index (χ0) is 19.7. The monoisotopic (exact) mass is 417 g/mol. The van der Waals surface area contributed by atoms with Crippen LogP contribution in [0.2, 0.25) is 5.02 Å². The number of ether oxygens (including phenoxy) is 2. The van der Waals surface area contributed by atoms with Crippen molar-refractivity contribution in [3.8, 4) is 5.75 Å². The topological polar surface area (TPSA) is 72.9 Å². The van der Waals surface area contributed by atoms with Crippen LogP contribution < -0.4 is 9.04 Å². The van der Waals surface area contributed by atoms with Crippen LogP contribution in [-0.2, 0) is 19.6 Å². The zero-order valence-corrected chi connectivity index (χ0v) is 16.2. The maximum Gasteiger partial charge on any atom is 0.326 e. The van der Waals surface area contributed by atoms with Crippen molar-refractivity contribution in [2.45, 2.75) is 4.90 Å². The fraction of sp³-hybridized carbons (Fsp3) is 0.150. The van der Waals surface area contributed by atoms with Gasteiger partial charge in [0.15, 0.2) is 0 Å². The lowest BCUT2D eigenvalue weighted by molar-refractivity contribution is -0.142. The van der Waals surface area contributed by atoms with E-state index in [9.17, 15) is 13.2 Å². The Bertz CT molecular complexity index is 1160. The summed E-state index contributed by atoms with van der Waals surface area (Å²) in [4.78, 5) is 12.4. The average Bonchev–Trinajstić information content (AvgIpc) is 2.89. The molecule has 28 heavy (non-hydrogen) atoms. The summed E-state index contributed by atoms with van der Waals surface area (Å²) in [5.41, 5.74) is 0.486. The van der Waals surface area contributed by atoms with E-state index in [-0.39, 0.29) is 18.1 Å². The first-order chi connectivity index (χ1) is 13.5. The Balaban J connectivity index is 1.41. The second-order valence-electron chi connectivity index (χ2n) is 6.17. The van der Waals surface area contributed by atoms with Gasteiger partial charge in [0.25, 0.3) is 10.0 Å². The molecule has 0 amide bonds. The van der Waals surface area contributed by atoms with E-state index in [1.807, 2.05) is 12.1 Å². The molecule has 0 radical (unpaired) electrons. The molecule has 0 aliphatic carbocycles. The highest BCUT2D eigenvalue weighted by Gasteiger charge is 2.36. The minimum atomic E-state index is -3.79. The molecule has 0 bridgehead atoms. The Hall–Kier alpha value is -2.77. The van der Waals surface area contributed by atoms with Gasteiger partial charge in [-0.25, -0.2) is 8.42 Å². The Morgan fingerprint density at radius 3 is 2.54 bits per heavy atom. The van der Waals surface area contributed by atoms with Crippen molar-refractivity contribution in [1.29, 1.82) is 0 Å². The first kappa shape index (κ1) is 18.6. The van der Waals surface area contributed by atoms with Gasteiger partial charge in [-0.2, -0.15) is 0 Å². The predicted octanol–water partition coefficient (Wildman–Crippen LogP) is 3.62. The van der Waals surface area contributed by atoms with E-state index < -0.39 is 22.5 Å². The van der Waals surface area contributed by atoms with Crippen LogP contribution in [-0.4, -0.2) is 34.1 Å². The lowest BCUT2D eigenvalue weighted by Crippen LogP contribution is -2.34. The summed E-state index contributed by atoms with van der Waals surface area (Å²) in [5.74, 6) is -0.0872. The molecule has 8 heteroatoms. The van der Waals surface area contributed by atoms with Gasteiger partial charge in [0.1, 0.15) is 25.5 Å². The molecule has 4 rings (SSSR count). The molecule has 0 saturated heterocycles. The minimum Gasteiger partial charge on any atom is -0.490 e. The van der Waals surface area contributed by atoms with Crippen LogP contribution in [0, 0.1) is 0 Å². The number of hydrogen-bond acceptors (Lipinski definition) is 5. The SMILES string of the molecule is O=C(CN1c2cccc3cccc(c23)S1(=O)=O)OCCOc1cccc(Cl)c1. The number of anilines is 1. The van der Waals surface area contributed by atoms with Crippen molar-refractivity contribution < 1.29 is 22.7 Å². The summed E-state index contributed by atoms with van der Waals surface area (Å²) in [6.07, 6.45) is 0. The second-order valence-corrected chi connectivity index (χ2v) is 8.44. The van der Waals surface area contributed by atoms with E-state index >= 15 is 0 Å². The zero-order valence-electron chi connectivity index (χ0n) is 14.7. The molecule has 0 saturated carbocycles. The molecule has 1 aliphatic rings. The molecular weight excluding hydrogens is 402 g/mol. The van der Waals surface area contributed by atoms with Crippen molar-refractivity contribution in [3.63, 3.8) is 0 Å². The van der Waals surface area contributed by atoms with Crippen LogP contribution in [0.15, 0.2) is 65.6 Å². The van der Waals surface area contributed by atoms with Crippen LogP contribution >= 0.6 is 11.6 Å². The fourth-order valence-electron chi connectivity index (χ4n) is 3.16.